The van der Waals surface area contributed by atoms with E-state index in [4.69, 9.17) is 5.73 Å². The Morgan fingerprint density at radius 1 is 1.18 bits per heavy atom. The van der Waals surface area contributed by atoms with Crippen LogP contribution in [-0.4, -0.2) is 15.9 Å². The number of carbonyl (C=O) groups excluding carboxylic acids is 1. The van der Waals surface area contributed by atoms with Gasteiger partial charge in [-0.3, -0.25) is 9.78 Å². The molecule has 2 aromatic rings. The van der Waals surface area contributed by atoms with Gasteiger partial charge in [0, 0.05) is 18.7 Å². The highest BCUT2D eigenvalue weighted by molar-refractivity contribution is 5.93. The molecule has 0 saturated heterocycles. The first-order valence-corrected chi connectivity index (χ1v) is 6.99. The van der Waals surface area contributed by atoms with Crippen LogP contribution in [0.15, 0.2) is 18.2 Å². The minimum atomic E-state index is -0.383. The van der Waals surface area contributed by atoms with Gasteiger partial charge in [-0.05, 0) is 32.4 Å². The van der Waals surface area contributed by atoms with Gasteiger partial charge in [0.25, 0.3) is 5.91 Å². The molecule has 0 aliphatic rings. The van der Waals surface area contributed by atoms with Crippen LogP contribution in [0.4, 0.5) is 4.39 Å². The first-order chi connectivity index (χ1) is 10.4. The molecule has 6 heteroatoms. The molecule has 0 saturated carbocycles. The Kier molecular flexibility index (Phi) is 4.82. The highest BCUT2D eigenvalue weighted by Crippen LogP contribution is 2.11. The Bertz CT molecular complexity index is 716. The van der Waals surface area contributed by atoms with Gasteiger partial charge in [-0.1, -0.05) is 12.1 Å². The predicted molar refractivity (Wildman–Crippen MR) is 81.7 cm³/mol. The van der Waals surface area contributed by atoms with Crippen LogP contribution in [0.3, 0.4) is 0 Å². The number of amides is 1. The Hall–Kier alpha value is -2.34. The zero-order chi connectivity index (χ0) is 16.3. The summed E-state index contributed by atoms with van der Waals surface area (Å²) in [6.45, 7) is 5.73. The van der Waals surface area contributed by atoms with E-state index in [1.54, 1.807) is 26.0 Å². The Balaban J connectivity index is 2.12. The van der Waals surface area contributed by atoms with Gasteiger partial charge in [0.15, 0.2) is 0 Å². The number of halogens is 1. The van der Waals surface area contributed by atoms with Crippen LogP contribution in [0, 0.1) is 26.6 Å². The van der Waals surface area contributed by atoms with E-state index in [1.807, 2.05) is 6.92 Å². The number of hydrogen-bond donors (Lipinski definition) is 2. The number of nitrogens with two attached hydrogens (primary N) is 1. The van der Waals surface area contributed by atoms with Gasteiger partial charge in [-0.25, -0.2) is 9.37 Å². The summed E-state index contributed by atoms with van der Waals surface area (Å²) >= 11 is 0. The molecule has 0 fully saturated rings. The fourth-order valence-corrected chi connectivity index (χ4v) is 2.05. The van der Waals surface area contributed by atoms with Crippen LogP contribution in [0.1, 0.15) is 38.7 Å². The molecule has 3 N–H and O–H groups in total. The maximum atomic E-state index is 13.9. The summed E-state index contributed by atoms with van der Waals surface area (Å²) in [4.78, 5) is 20.7. The van der Waals surface area contributed by atoms with Crippen molar-refractivity contribution in [3.05, 3.63) is 57.9 Å². The topological polar surface area (TPSA) is 80.9 Å². The first kappa shape index (κ1) is 16.0. The highest BCUT2D eigenvalue weighted by Gasteiger charge is 2.14. The zero-order valence-electron chi connectivity index (χ0n) is 12.9. The van der Waals surface area contributed by atoms with Crippen molar-refractivity contribution in [1.29, 1.82) is 0 Å². The summed E-state index contributed by atoms with van der Waals surface area (Å²) in [6.07, 6.45) is 0. The van der Waals surface area contributed by atoms with E-state index in [9.17, 15) is 9.18 Å². The number of benzene rings is 1. The third-order valence-electron chi connectivity index (χ3n) is 3.49. The van der Waals surface area contributed by atoms with E-state index >= 15 is 0 Å². The van der Waals surface area contributed by atoms with Crippen molar-refractivity contribution in [3.63, 3.8) is 0 Å². The monoisotopic (exact) mass is 302 g/mol. The number of rotatable bonds is 4. The fraction of sp³-hybridized carbons (Fsp3) is 0.312. The average molecular weight is 302 g/mol. The number of hydrogen-bond acceptors (Lipinski definition) is 4. The molecule has 1 aromatic heterocycles. The van der Waals surface area contributed by atoms with Gasteiger partial charge in [-0.15, -0.1) is 0 Å². The Morgan fingerprint density at radius 2 is 1.86 bits per heavy atom. The molecule has 0 aliphatic carbocycles. The standard InChI is InChI=1S/C16H19FN4O/c1-9-10(2)21-15(11(3)20-9)16(22)19-8-13-5-4-12(7-18)6-14(13)17/h4-6H,7-8,18H2,1-3H3,(H,19,22). The summed E-state index contributed by atoms with van der Waals surface area (Å²) in [5, 5.41) is 2.67. The zero-order valence-corrected chi connectivity index (χ0v) is 12.9. The SMILES string of the molecule is Cc1nc(C)c(C(=O)NCc2ccc(CN)cc2F)nc1C. The quantitative estimate of drug-likeness (QED) is 0.904. The molecule has 0 aliphatic heterocycles. The first-order valence-electron chi connectivity index (χ1n) is 6.99. The molecular weight excluding hydrogens is 283 g/mol. The van der Waals surface area contributed by atoms with Crippen molar-refractivity contribution in [2.24, 2.45) is 5.73 Å². The lowest BCUT2D eigenvalue weighted by molar-refractivity contribution is 0.0944. The Labute approximate surface area is 128 Å². The second kappa shape index (κ2) is 6.62. The number of nitrogens with zero attached hydrogens (tertiary/aromatic N) is 2. The smallest absolute Gasteiger partial charge is 0.272 e. The van der Waals surface area contributed by atoms with Gasteiger partial charge >= 0.3 is 0 Å². The summed E-state index contributed by atoms with van der Waals surface area (Å²) in [5.74, 6) is -0.749. The minimum Gasteiger partial charge on any atom is -0.346 e. The van der Waals surface area contributed by atoms with Crippen molar-refractivity contribution in [2.75, 3.05) is 0 Å². The Morgan fingerprint density at radius 3 is 2.50 bits per heavy atom. The predicted octanol–water partition coefficient (Wildman–Crippen LogP) is 1.93. The second-order valence-electron chi connectivity index (χ2n) is 5.14. The molecule has 116 valence electrons. The maximum absolute atomic E-state index is 13.9. The fourth-order valence-electron chi connectivity index (χ4n) is 2.05. The normalized spacial score (nSPS) is 10.6. The summed E-state index contributed by atoms with van der Waals surface area (Å²) in [5.41, 5.74) is 8.89. The van der Waals surface area contributed by atoms with E-state index in [0.29, 0.717) is 22.5 Å². The summed E-state index contributed by atoms with van der Waals surface area (Å²) in [7, 11) is 0. The molecule has 0 spiro atoms. The molecule has 0 bridgehead atoms. The van der Waals surface area contributed by atoms with Crippen molar-refractivity contribution < 1.29 is 9.18 Å². The van der Waals surface area contributed by atoms with E-state index in [2.05, 4.69) is 15.3 Å². The van der Waals surface area contributed by atoms with Crippen LogP contribution in [0.5, 0.6) is 0 Å². The van der Waals surface area contributed by atoms with Crippen molar-refractivity contribution >= 4 is 5.91 Å². The molecule has 1 aromatic carbocycles. The lowest BCUT2D eigenvalue weighted by Crippen LogP contribution is -2.26. The van der Waals surface area contributed by atoms with Gasteiger partial charge in [-0.2, -0.15) is 0 Å². The molecule has 0 unspecified atom stereocenters. The number of carbonyl (C=O) groups is 1. The van der Waals surface area contributed by atoms with Gasteiger partial charge < -0.3 is 11.1 Å². The average Bonchev–Trinajstić information content (AvgIpc) is 2.49. The molecule has 1 amide bonds. The molecule has 2 rings (SSSR count). The van der Waals surface area contributed by atoms with Crippen LogP contribution in [-0.2, 0) is 13.1 Å². The number of aromatic nitrogens is 2. The van der Waals surface area contributed by atoms with E-state index in [0.717, 1.165) is 5.69 Å². The number of nitrogens with one attached hydrogen (secondary N) is 1. The minimum absolute atomic E-state index is 0.0869. The van der Waals surface area contributed by atoms with Crippen molar-refractivity contribution in [2.45, 2.75) is 33.9 Å². The lowest BCUT2D eigenvalue weighted by atomic mass is 10.1. The van der Waals surface area contributed by atoms with E-state index < -0.39 is 0 Å². The molecule has 22 heavy (non-hydrogen) atoms. The van der Waals surface area contributed by atoms with Crippen molar-refractivity contribution in [3.8, 4) is 0 Å². The van der Waals surface area contributed by atoms with Crippen molar-refractivity contribution in [1.82, 2.24) is 15.3 Å². The van der Waals surface area contributed by atoms with Crippen LogP contribution >= 0.6 is 0 Å². The molecule has 0 atom stereocenters. The lowest BCUT2D eigenvalue weighted by Gasteiger charge is -2.10. The van der Waals surface area contributed by atoms with E-state index in [1.165, 1.54) is 6.07 Å². The van der Waals surface area contributed by atoms with Gasteiger partial charge in [0.2, 0.25) is 0 Å². The molecular formula is C16H19FN4O. The number of aryl methyl sites for hydroxylation is 3. The largest absolute Gasteiger partial charge is 0.346 e. The second-order valence-corrected chi connectivity index (χ2v) is 5.14. The maximum Gasteiger partial charge on any atom is 0.272 e. The molecule has 5 nitrogen and oxygen atoms in total. The van der Waals surface area contributed by atoms with Gasteiger partial charge in [0.05, 0.1) is 17.1 Å². The summed E-state index contributed by atoms with van der Waals surface area (Å²) in [6, 6.07) is 4.74. The van der Waals surface area contributed by atoms with Gasteiger partial charge in [0.1, 0.15) is 11.5 Å². The van der Waals surface area contributed by atoms with E-state index in [-0.39, 0.29) is 30.5 Å². The molecule has 0 radical (unpaired) electrons. The van der Waals surface area contributed by atoms with Crippen LogP contribution < -0.4 is 11.1 Å². The third kappa shape index (κ3) is 3.46. The third-order valence-corrected chi connectivity index (χ3v) is 3.49. The highest BCUT2D eigenvalue weighted by atomic mass is 19.1. The summed E-state index contributed by atoms with van der Waals surface area (Å²) < 4.78 is 13.9. The van der Waals surface area contributed by atoms with Crippen LogP contribution in [0.25, 0.3) is 0 Å². The molecule has 1 heterocycles. The van der Waals surface area contributed by atoms with Crippen LogP contribution in [0.2, 0.25) is 0 Å².